The van der Waals surface area contributed by atoms with Crippen molar-refractivity contribution in [3.05, 3.63) is 48.0 Å². The summed E-state index contributed by atoms with van der Waals surface area (Å²) >= 11 is 0. The van der Waals surface area contributed by atoms with Crippen molar-refractivity contribution < 1.29 is 4.52 Å². The molecule has 8 nitrogen and oxygen atoms in total. The van der Waals surface area contributed by atoms with Crippen LogP contribution in [-0.4, -0.2) is 39.2 Å². The lowest BCUT2D eigenvalue weighted by molar-refractivity contribution is 0.345. The van der Waals surface area contributed by atoms with Gasteiger partial charge in [0.2, 0.25) is 5.95 Å². The molecule has 1 atom stereocenters. The first-order chi connectivity index (χ1) is 14.4. The lowest BCUT2D eigenvalue weighted by Crippen LogP contribution is -2.40. The Kier molecular flexibility index (Phi) is 5.42. The van der Waals surface area contributed by atoms with Crippen LogP contribution in [0.1, 0.15) is 45.0 Å². The van der Waals surface area contributed by atoms with Crippen molar-refractivity contribution in [1.82, 2.24) is 20.1 Å². The normalized spacial score (nSPS) is 17.3. The van der Waals surface area contributed by atoms with Gasteiger partial charge in [-0.3, -0.25) is 0 Å². The Labute approximate surface area is 176 Å². The minimum absolute atomic E-state index is 0.259. The topological polar surface area (TPSA) is 120 Å². The first kappa shape index (κ1) is 20.3. The number of nitrogens with two attached hydrogens (primary N) is 2. The molecule has 8 heteroatoms. The number of nitrogens with zero attached hydrogens (tertiary/aromatic N) is 5. The van der Waals surface area contributed by atoms with Crippen molar-refractivity contribution >= 4 is 12.0 Å². The van der Waals surface area contributed by atoms with Crippen molar-refractivity contribution in [3.63, 3.8) is 0 Å². The predicted molar refractivity (Wildman–Crippen MR) is 117 cm³/mol. The zero-order valence-electron chi connectivity index (χ0n) is 17.7. The van der Waals surface area contributed by atoms with E-state index in [0.29, 0.717) is 11.8 Å². The van der Waals surface area contributed by atoms with Gasteiger partial charge in [-0.05, 0) is 36.8 Å². The van der Waals surface area contributed by atoms with E-state index in [9.17, 15) is 0 Å². The Morgan fingerprint density at radius 1 is 1.07 bits per heavy atom. The molecule has 1 aliphatic rings. The third kappa shape index (κ3) is 3.75. The molecular weight excluding hydrogens is 378 g/mol. The molecule has 0 amide bonds. The Morgan fingerprint density at radius 3 is 2.30 bits per heavy atom. The Hall–Kier alpha value is -3.00. The average Bonchev–Trinajstić information content (AvgIpc) is 3.25. The van der Waals surface area contributed by atoms with Gasteiger partial charge in [0.1, 0.15) is 0 Å². The van der Waals surface area contributed by atoms with Crippen LogP contribution in [0.5, 0.6) is 0 Å². The van der Waals surface area contributed by atoms with Crippen LogP contribution in [0.2, 0.25) is 0 Å². The van der Waals surface area contributed by atoms with Crippen LogP contribution in [0.15, 0.2) is 41.2 Å². The summed E-state index contributed by atoms with van der Waals surface area (Å²) in [5, 5.41) is 4.38. The van der Waals surface area contributed by atoms with Crippen molar-refractivity contribution in [1.29, 1.82) is 0 Å². The van der Waals surface area contributed by atoms with Crippen molar-refractivity contribution in [2.45, 2.75) is 45.1 Å². The van der Waals surface area contributed by atoms with Crippen LogP contribution in [0, 0.1) is 5.92 Å². The molecular formula is C22H29N7O. The first-order valence-corrected chi connectivity index (χ1v) is 10.4. The lowest BCUT2D eigenvalue weighted by atomic mass is 9.72. The largest absolute Gasteiger partial charge is 0.368 e. The van der Waals surface area contributed by atoms with Gasteiger partial charge in [-0.1, -0.05) is 43.3 Å². The molecule has 0 saturated carbocycles. The zero-order chi connectivity index (χ0) is 21.3. The monoisotopic (exact) mass is 407 g/mol. The highest BCUT2D eigenvalue weighted by molar-refractivity contribution is 5.62. The molecule has 1 fully saturated rings. The molecule has 1 saturated heterocycles. The number of piperidine rings is 1. The molecule has 4 N–H and O–H groups in total. The number of hydrogen-bond acceptors (Lipinski definition) is 8. The van der Waals surface area contributed by atoms with Gasteiger partial charge in [-0.25, -0.2) is 9.97 Å². The van der Waals surface area contributed by atoms with E-state index >= 15 is 0 Å². The highest BCUT2D eigenvalue weighted by Gasteiger charge is 2.38. The van der Waals surface area contributed by atoms with Crippen LogP contribution in [0.3, 0.4) is 0 Å². The van der Waals surface area contributed by atoms with Crippen LogP contribution in [0.25, 0.3) is 11.1 Å². The quantitative estimate of drug-likeness (QED) is 0.662. The molecule has 0 radical (unpaired) electrons. The molecule has 30 heavy (non-hydrogen) atoms. The highest BCUT2D eigenvalue weighted by atomic mass is 16.5. The fraction of sp³-hybridized carbons (Fsp3) is 0.455. The minimum Gasteiger partial charge on any atom is -0.368 e. The molecule has 4 rings (SSSR count). The van der Waals surface area contributed by atoms with E-state index in [4.69, 9.17) is 21.0 Å². The second-order valence-corrected chi connectivity index (χ2v) is 8.49. The molecule has 1 aliphatic heterocycles. The maximum Gasteiger partial charge on any atom is 0.324 e. The number of anilines is 2. The van der Waals surface area contributed by atoms with E-state index in [-0.39, 0.29) is 23.3 Å². The van der Waals surface area contributed by atoms with E-state index in [1.54, 1.807) is 12.4 Å². The van der Waals surface area contributed by atoms with Crippen LogP contribution >= 0.6 is 0 Å². The Morgan fingerprint density at radius 2 is 1.70 bits per heavy atom. The minimum atomic E-state index is -0.385. The summed E-state index contributed by atoms with van der Waals surface area (Å²) < 4.78 is 5.66. The predicted octanol–water partition coefficient (Wildman–Crippen LogP) is 3.00. The third-order valence-corrected chi connectivity index (χ3v) is 6.33. The van der Waals surface area contributed by atoms with Gasteiger partial charge >= 0.3 is 6.01 Å². The highest BCUT2D eigenvalue weighted by Crippen LogP contribution is 2.38. The number of rotatable bonds is 5. The second kappa shape index (κ2) is 8.02. The Balaban J connectivity index is 1.62. The number of nitrogen functional groups attached to an aromatic ring is 1. The summed E-state index contributed by atoms with van der Waals surface area (Å²) in [6.45, 7) is 8.22. The smallest absolute Gasteiger partial charge is 0.324 e. The van der Waals surface area contributed by atoms with Gasteiger partial charge in [0, 0.05) is 37.1 Å². The standard InChI is InChI=1S/C22H29N7O/c1-14(2)22(3,19-27-21(30-28-19)29-10-8-18(23)9-11-29)17-6-4-15(5-7-17)16-12-25-20(24)26-13-16/h4-7,12-14,18H,8-11,23H2,1-3H3,(H2,24,25,26). The fourth-order valence-corrected chi connectivity index (χ4v) is 3.86. The first-order valence-electron chi connectivity index (χ1n) is 10.4. The maximum absolute atomic E-state index is 6.02. The summed E-state index contributed by atoms with van der Waals surface area (Å²) in [5.41, 5.74) is 14.3. The van der Waals surface area contributed by atoms with E-state index in [2.05, 4.69) is 65.1 Å². The molecule has 2 aromatic heterocycles. The van der Waals surface area contributed by atoms with Gasteiger partial charge in [-0.15, -0.1) is 0 Å². The van der Waals surface area contributed by atoms with Crippen molar-refractivity contribution in [3.8, 4) is 11.1 Å². The summed E-state index contributed by atoms with van der Waals surface area (Å²) in [4.78, 5) is 15.1. The molecule has 158 valence electrons. The van der Waals surface area contributed by atoms with Crippen LogP contribution in [0.4, 0.5) is 12.0 Å². The number of benzene rings is 1. The van der Waals surface area contributed by atoms with Crippen LogP contribution in [-0.2, 0) is 5.41 Å². The van der Waals surface area contributed by atoms with E-state index in [1.165, 1.54) is 0 Å². The zero-order valence-corrected chi connectivity index (χ0v) is 17.7. The number of aromatic nitrogens is 4. The average molecular weight is 408 g/mol. The van der Waals surface area contributed by atoms with Gasteiger partial charge < -0.3 is 20.9 Å². The van der Waals surface area contributed by atoms with Gasteiger partial charge in [-0.2, -0.15) is 4.98 Å². The van der Waals surface area contributed by atoms with E-state index in [1.807, 2.05) is 0 Å². The molecule has 0 bridgehead atoms. The fourth-order valence-electron chi connectivity index (χ4n) is 3.86. The van der Waals surface area contributed by atoms with E-state index in [0.717, 1.165) is 42.6 Å². The van der Waals surface area contributed by atoms with E-state index < -0.39 is 0 Å². The molecule has 0 aliphatic carbocycles. The van der Waals surface area contributed by atoms with Crippen LogP contribution < -0.4 is 16.4 Å². The SMILES string of the molecule is CC(C)C(C)(c1ccc(-c2cnc(N)nc2)cc1)c1noc(N2CCC(N)CC2)n1. The van der Waals surface area contributed by atoms with Gasteiger partial charge in [0.25, 0.3) is 0 Å². The van der Waals surface area contributed by atoms with Gasteiger partial charge in [0.05, 0.1) is 5.41 Å². The molecule has 1 aromatic carbocycles. The summed E-state index contributed by atoms with van der Waals surface area (Å²) in [5.74, 6) is 1.24. The Bertz CT molecular complexity index is 975. The summed E-state index contributed by atoms with van der Waals surface area (Å²) in [6, 6.07) is 9.20. The molecule has 3 heterocycles. The maximum atomic E-state index is 6.02. The summed E-state index contributed by atoms with van der Waals surface area (Å²) in [7, 11) is 0. The number of hydrogen-bond donors (Lipinski definition) is 2. The molecule has 3 aromatic rings. The molecule has 1 unspecified atom stereocenters. The summed E-state index contributed by atoms with van der Waals surface area (Å²) in [6.07, 6.45) is 5.34. The van der Waals surface area contributed by atoms with Crippen molar-refractivity contribution in [2.24, 2.45) is 11.7 Å². The molecule has 0 spiro atoms. The van der Waals surface area contributed by atoms with Gasteiger partial charge in [0.15, 0.2) is 5.82 Å². The second-order valence-electron chi connectivity index (χ2n) is 8.49. The third-order valence-electron chi connectivity index (χ3n) is 6.33. The van der Waals surface area contributed by atoms with Crippen molar-refractivity contribution in [2.75, 3.05) is 23.7 Å². The lowest BCUT2D eigenvalue weighted by Gasteiger charge is -2.31.